The first-order valence-electron chi connectivity index (χ1n) is 8.38. The van der Waals surface area contributed by atoms with Crippen molar-refractivity contribution < 1.29 is 9.90 Å². The van der Waals surface area contributed by atoms with Crippen molar-refractivity contribution in [2.24, 2.45) is 5.92 Å². The summed E-state index contributed by atoms with van der Waals surface area (Å²) in [5, 5.41) is 12.8. The van der Waals surface area contributed by atoms with Crippen LogP contribution in [0.4, 0.5) is 0 Å². The predicted octanol–water partition coefficient (Wildman–Crippen LogP) is 2.28. The Morgan fingerprint density at radius 2 is 2.25 bits per heavy atom. The van der Waals surface area contributed by atoms with Gasteiger partial charge in [0.15, 0.2) is 0 Å². The van der Waals surface area contributed by atoms with Gasteiger partial charge in [-0.05, 0) is 44.2 Å². The van der Waals surface area contributed by atoms with Crippen LogP contribution in [0.1, 0.15) is 35.5 Å². The van der Waals surface area contributed by atoms with Crippen LogP contribution in [0.15, 0.2) is 29.9 Å². The first-order chi connectivity index (χ1) is 11.6. The molecule has 1 unspecified atom stereocenters. The molecule has 1 aliphatic carbocycles. The largest absolute Gasteiger partial charge is 0.393 e. The summed E-state index contributed by atoms with van der Waals surface area (Å²) in [7, 11) is 0. The summed E-state index contributed by atoms with van der Waals surface area (Å²) in [6.07, 6.45) is 4.97. The Kier molecular flexibility index (Phi) is 5.58. The van der Waals surface area contributed by atoms with Crippen molar-refractivity contribution in [3.05, 3.63) is 46.2 Å². The van der Waals surface area contributed by atoms with E-state index in [-0.39, 0.29) is 18.1 Å². The van der Waals surface area contributed by atoms with Gasteiger partial charge in [-0.3, -0.25) is 9.78 Å². The lowest BCUT2D eigenvalue weighted by Crippen LogP contribution is -2.48. The Labute approximate surface area is 146 Å². The Hall–Kier alpha value is -1.79. The van der Waals surface area contributed by atoms with Crippen LogP contribution in [-0.2, 0) is 17.6 Å². The summed E-state index contributed by atoms with van der Waals surface area (Å²) in [5.74, 6) is 0.390. The number of hydrogen-bond acceptors (Lipinski definition) is 5. The van der Waals surface area contributed by atoms with Crippen LogP contribution in [0.5, 0.6) is 0 Å². The zero-order valence-electron chi connectivity index (χ0n) is 13.8. The molecule has 1 fully saturated rings. The average Bonchev–Trinajstić information content (AvgIpc) is 2.95. The van der Waals surface area contributed by atoms with Gasteiger partial charge in [0.2, 0.25) is 5.91 Å². The monoisotopic (exact) mass is 345 g/mol. The van der Waals surface area contributed by atoms with Crippen molar-refractivity contribution >= 4 is 17.2 Å². The van der Waals surface area contributed by atoms with Gasteiger partial charge in [0.05, 0.1) is 17.3 Å². The van der Waals surface area contributed by atoms with Crippen molar-refractivity contribution in [2.75, 3.05) is 0 Å². The average molecular weight is 345 g/mol. The summed E-state index contributed by atoms with van der Waals surface area (Å²) in [6.45, 7) is 1.98. The third kappa shape index (κ3) is 4.39. The van der Waals surface area contributed by atoms with Crippen molar-refractivity contribution in [1.29, 1.82) is 0 Å². The van der Waals surface area contributed by atoms with Crippen LogP contribution in [0.3, 0.4) is 0 Å². The minimum atomic E-state index is -0.224. The van der Waals surface area contributed by atoms with Gasteiger partial charge < -0.3 is 10.4 Å². The molecule has 6 heteroatoms. The second-order valence-electron chi connectivity index (χ2n) is 6.45. The van der Waals surface area contributed by atoms with Gasteiger partial charge in [0.25, 0.3) is 0 Å². The van der Waals surface area contributed by atoms with E-state index in [2.05, 4.69) is 15.3 Å². The molecule has 0 bridgehead atoms. The molecule has 1 saturated carbocycles. The molecule has 1 amide bonds. The van der Waals surface area contributed by atoms with Crippen LogP contribution < -0.4 is 5.32 Å². The molecule has 2 heterocycles. The molecular weight excluding hydrogens is 322 g/mol. The first kappa shape index (κ1) is 17.0. The van der Waals surface area contributed by atoms with Crippen LogP contribution in [-0.4, -0.2) is 33.1 Å². The Bertz CT molecular complexity index is 668. The number of nitrogens with one attached hydrogen (secondary N) is 1. The Balaban J connectivity index is 1.56. The zero-order chi connectivity index (χ0) is 16.9. The molecule has 0 radical (unpaired) electrons. The molecule has 0 spiro atoms. The number of nitrogens with zero attached hydrogens (tertiary/aromatic N) is 2. The predicted molar refractivity (Wildman–Crippen MR) is 93.8 cm³/mol. The van der Waals surface area contributed by atoms with Gasteiger partial charge in [-0.25, -0.2) is 4.98 Å². The lowest BCUT2D eigenvalue weighted by atomic mass is 9.76. The Morgan fingerprint density at radius 1 is 1.42 bits per heavy atom. The van der Waals surface area contributed by atoms with E-state index in [0.717, 1.165) is 30.7 Å². The highest BCUT2D eigenvalue weighted by molar-refractivity contribution is 7.09. The van der Waals surface area contributed by atoms with Crippen LogP contribution in [0.25, 0.3) is 0 Å². The molecule has 5 nitrogen and oxygen atoms in total. The Morgan fingerprint density at radius 3 is 2.88 bits per heavy atom. The highest BCUT2D eigenvalue weighted by Gasteiger charge is 2.34. The fourth-order valence-corrected chi connectivity index (χ4v) is 3.89. The standard InChI is InChI=1S/C18H23N3O2S/c1-12-17(24-11-20-12)5-6-18(23)21-16(13-8-15(22)9-13)10-14-4-2-3-7-19-14/h2-4,7,11,13,15-16,22H,5-6,8-10H2,1H3,(H,21,23). The molecular formula is C18H23N3O2S. The highest BCUT2D eigenvalue weighted by Crippen LogP contribution is 2.31. The lowest BCUT2D eigenvalue weighted by Gasteiger charge is -2.38. The first-order valence-corrected chi connectivity index (χ1v) is 9.26. The maximum Gasteiger partial charge on any atom is 0.220 e. The van der Waals surface area contributed by atoms with Crippen molar-refractivity contribution in [2.45, 2.75) is 51.2 Å². The molecule has 2 N–H and O–H groups in total. The smallest absolute Gasteiger partial charge is 0.220 e. The molecule has 0 aromatic carbocycles. The quantitative estimate of drug-likeness (QED) is 0.807. The van der Waals surface area contributed by atoms with Gasteiger partial charge in [0.1, 0.15) is 0 Å². The van der Waals surface area contributed by atoms with Crippen molar-refractivity contribution in [1.82, 2.24) is 15.3 Å². The number of carbonyl (C=O) groups excluding carboxylic acids is 1. The van der Waals surface area contributed by atoms with Crippen LogP contribution in [0.2, 0.25) is 0 Å². The fourth-order valence-electron chi connectivity index (χ4n) is 3.11. The van der Waals surface area contributed by atoms with E-state index in [0.29, 0.717) is 18.8 Å². The number of aromatic nitrogens is 2. The van der Waals surface area contributed by atoms with E-state index in [9.17, 15) is 9.90 Å². The van der Waals surface area contributed by atoms with E-state index in [1.54, 1.807) is 17.5 Å². The van der Waals surface area contributed by atoms with Gasteiger partial charge >= 0.3 is 0 Å². The lowest BCUT2D eigenvalue weighted by molar-refractivity contribution is -0.122. The minimum Gasteiger partial charge on any atom is -0.393 e. The van der Waals surface area contributed by atoms with E-state index in [4.69, 9.17) is 0 Å². The normalized spacial score (nSPS) is 21.1. The van der Waals surface area contributed by atoms with E-state index >= 15 is 0 Å². The highest BCUT2D eigenvalue weighted by atomic mass is 32.1. The third-order valence-electron chi connectivity index (χ3n) is 4.64. The maximum absolute atomic E-state index is 12.4. The topological polar surface area (TPSA) is 75.1 Å². The molecule has 1 aliphatic rings. The summed E-state index contributed by atoms with van der Waals surface area (Å²) < 4.78 is 0. The third-order valence-corrected chi connectivity index (χ3v) is 5.64. The molecule has 2 aromatic heterocycles. The number of aliphatic hydroxyl groups excluding tert-OH is 1. The van der Waals surface area contributed by atoms with E-state index in [1.807, 2.05) is 30.6 Å². The minimum absolute atomic E-state index is 0.0401. The van der Waals surface area contributed by atoms with Gasteiger partial charge in [-0.15, -0.1) is 11.3 Å². The fraction of sp³-hybridized carbons (Fsp3) is 0.500. The SMILES string of the molecule is Cc1ncsc1CCC(=O)NC(Cc1ccccn1)C1CC(O)C1. The number of rotatable bonds is 7. The van der Waals surface area contributed by atoms with E-state index < -0.39 is 0 Å². The van der Waals surface area contributed by atoms with E-state index in [1.165, 1.54) is 4.88 Å². The number of thiazole rings is 1. The number of aliphatic hydroxyl groups is 1. The van der Waals surface area contributed by atoms with Crippen LogP contribution in [0, 0.1) is 12.8 Å². The molecule has 0 saturated heterocycles. The summed E-state index contributed by atoms with van der Waals surface area (Å²) >= 11 is 1.60. The molecule has 128 valence electrons. The zero-order valence-corrected chi connectivity index (χ0v) is 14.6. The summed E-state index contributed by atoms with van der Waals surface area (Å²) in [5.41, 5.74) is 3.81. The number of hydrogen-bond donors (Lipinski definition) is 2. The molecule has 0 aliphatic heterocycles. The number of carbonyl (C=O) groups is 1. The second-order valence-corrected chi connectivity index (χ2v) is 7.38. The second kappa shape index (κ2) is 7.85. The maximum atomic E-state index is 12.4. The molecule has 3 rings (SSSR count). The van der Waals surface area contributed by atoms with Gasteiger partial charge in [-0.1, -0.05) is 6.07 Å². The van der Waals surface area contributed by atoms with Crippen LogP contribution >= 0.6 is 11.3 Å². The van der Waals surface area contributed by atoms with Crippen molar-refractivity contribution in [3.8, 4) is 0 Å². The number of aryl methyl sites for hydroxylation is 2. The molecule has 1 atom stereocenters. The molecule has 2 aromatic rings. The molecule has 24 heavy (non-hydrogen) atoms. The summed E-state index contributed by atoms with van der Waals surface area (Å²) in [4.78, 5) is 22.1. The summed E-state index contributed by atoms with van der Waals surface area (Å²) in [6, 6.07) is 5.87. The van der Waals surface area contributed by atoms with Gasteiger partial charge in [0, 0.05) is 35.7 Å². The van der Waals surface area contributed by atoms with Gasteiger partial charge in [-0.2, -0.15) is 0 Å². The number of pyridine rings is 1. The van der Waals surface area contributed by atoms with Crippen molar-refractivity contribution in [3.63, 3.8) is 0 Å². The number of amides is 1.